The lowest BCUT2D eigenvalue weighted by molar-refractivity contribution is 0.400. The summed E-state index contributed by atoms with van der Waals surface area (Å²) in [6.45, 7) is 7.20. The molecule has 2 atom stereocenters. The van der Waals surface area contributed by atoms with Crippen molar-refractivity contribution in [2.24, 2.45) is 17.8 Å². The fourth-order valence-electron chi connectivity index (χ4n) is 5.91. The Bertz CT molecular complexity index is 895. The van der Waals surface area contributed by atoms with Crippen LogP contribution in [0.25, 0.3) is 11.4 Å². The first kappa shape index (κ1) is 33.0. The molecule has 2 aromatic rings. The summed E-state index contributed by atoms with van der Waals surface area (Å²) in [6.07, 6.45) is 33.5. The zero-order valence-electron chi connectivity index (χ0n) is 26.3. The number of rotatable bonds is 24. The van der Waals surface area contributed by atoms with Crippen LogP contribution in [0.1, 0.15) is 148 Å². The molecule has 3 nitrogen and oxygen atoms in total. The van der Waals surface area contributed by atoms with E-state index in [9.17, 15) is 0 Å². The van der Waals surface area contributed by atoms with Crippen molar-refractivity contribution in [1.82, 2.24) is 15.0 Å². The fraction of sp³-hybridized carbons (Fsp3) is 0.750. The summed E-state index contributed by atoms with van der Waals surface area (Å²) in [5, 5.41) is 1.34. The maximum Gasteiger partial charge on any atom is 0.107 e. The van der Waals surface area contributed by atoms with Crippen LogP contribution in [0.5, 0.6) is 0 Å². The SMILES string of the molecule is CCCCCC(C)CCCC(C)CCC[Si]c1cccnc1-c1cnc(CCCCCCCCCC2CC2)cn1. The molecule has 2 heterocycles. The first-order valence-corrected chi connectivity index (χ1v) is 18.4. The van der Waals surface area contributed by atoms with E-state index in [0.717, 1.165) is 50.8 Å². The van der Waals surface area contributed by atoms with Crippen molar-refractivity contribution in [3.8, 4) is 11.4 Å². The van der Waals surface area contributed by atoms with Gasteiger partial charge in [0.05, 0.1) is 27.1 Å². The molecule has 0 amide bonds. The first-order valence-electron chi connectivity index (χ1n) is 17.2. The van der Waals surface area contributed by atoms with E-state index >= 15 is 0 Å². The number of hydrogen-bond acceptors (Lipinski definition) is 3. The molecule has 0 saturated heterocycles. The molecule has 0 spiro atoms. The highest BCUT2D eigenvalue weighted by atomic mass is 28.2. The molecule has 222 valence electrons. The molecule has 2 aromatic heterocycles. The second-order valence-corrected chi connectivity index (χ2v) is 14.3. The zero-order valence-corrected chi connectivity index (χ0v) is 27.3. The minimum Gasteiger partial charge on any atom is -0.257 e. The molecule has 4 heteroatoms. The van der Waals surface area contributed by atoms with Gasteiger partial charge in [-0.3, -0.25) is 15.0 Å². The molecule has 1 fully saturated rings. The van der Waals surface area contributed by atoms with E-state index in [1.54, 1.807) is 0 Å². The predicted molar refractivity (Wildman–Crippen MR) is 174 cm³/mol. The molecule has 1 aliphatic rings. The number of aryl methyl sites for hydroxylation is 1. The smallest absolute Gasteiger partial charge is 0.107 e. The number of aromatic nitrogens is 3. The van der Waals surface area contributed by atoms with Crippen LogP contribution in [-0.2, 0) is 6.42 Å². The lowest BCUT2D eigenvalue weighted by Crippen LogP contribution is -2.18. The minimum absolute atomic E-state index is 0.794. The maximum absolute atomic E-state index is 4.78. The molecule has 40 heavy (non-hydrogen) atoms. The van der Waals surface area contributed by atoms with Gasteiger partial charge in [-0.25, -0.2) is 0 Å². The third kappa shape index (κ3) is 14.4. The van der Waals surface area contributed by atoms with Gasteiger partial charge in [-0.1, -0.05) is 148 Å². The van der Waals surface area contributed by atoms with Crippen LogP contribution in [0.4, 0.5) is 0 Å². The Balaban J connectivity index is 1.28. The molecule has 3 rings (SSSR count). The summed E-state index contributed by atoms with van der Waals surface area (Å²) in [7, 11) is 0.794. The molecule has 1 saturated carbocycles. The Kier molecular flexibility index (Phi) is 16.8. The molecule has 2 unspecified atom stereocenters. The number of nitrogens with zero attached hydrogens (tertiary/aromatic N) is 3. The Hall–Kier alpha value is -1.55. The van der Waals surface area contributed by atoms with Crippen molar-refractivity contribution in [3.63, 3.8) is 0 Å². The number of hydrogen-bond donors (Lipinski definition) is 0. The van der Waals surface area contributed by atoms with Gasteiger partial charge in [-0.15, -0.1) is 0 Å². The van der Waals surface area contributed by atoms with Crippen molar-refractivity contribution in [2.75, 3.05) is 0 Å². The molecule has 0 aliphatic heterocycles. The molecule has 1 aliphatic carbocycles. The topological polar surface area (TPSA) is 38.7 Å². The molecule has 2 radical (unpaired) electrons. The van der Waals surface area contributed by atoms with Crippen LogP contribution < -0.4 is 5.19 Å². The average Bonchev–Trinajstić information content (AvgIpc) is 3.80. The first-order chi connectivity index (χ1) is 19.7. The van der Waals surface area contributed by atoms with Crippen molar-refractivity contribution >= 4 is 14.7 Å². The minimum atomic E-state index is 0.794. The molecule has 0 bridgehead atoms. The lowest BCUT2D eigenvalue weighted by Gasteiger charge is -2.14. The number of pyridine rings is 1. The van der Waals surface area contributed by atoms with Crippen LogP contribution in [0.3, 0.4) is 0 Å². The average molecular weight is 562 g/mol. The lowest BCUT2D eigenvalue weighted by atomic mass is 9.93. The van der Waals surface area contributed by atoms with E-state index in [4.69, 9.17) is 15.0 Å². The van der Waals surface area contributed by atoms with Crippen LogP contribution in [0.15, 0.2) is 30.7 Å². The van der Waals surface area contributed by atoms with Crippen molar-refractivity contribution in [2.45, 2.75) is 155 Å². The maximum atomic E-state index is 4.78. The Morgan fingerprint density at radius 2 is 1.45 bits per heavy atom. The van der Waals surface area contributed by atoms with Crippen LogP contribution in [-0.4, -0.2) is 24.5 Å². The van der Waals surface area contributed by atoms with Crippen LogP contribution in [0, 0.1) is 17.8 Å². The van der Waals surface area contributed by atoms with Gasteiger partial charge >= 0.3 is 0 Å². The van der Waals surface area contributed by atoms with Gasteiger partial charge in [0.1, 0.15) is 5.69 Å². The van der Waals surface area contributed by atoms with Gasteiger partial charge in [-0.2, -0.15) is 0 Å². The molecule has 0 N–H and O–H groups in total. The predicted octanol–water partition coefficient (Wildman–Crippen LogP) is 10.2. The van der Waals surface area contributed by atoms with E-state index < -0.39 is 0 Å². The summed E-state index contributed by atoms with van der Waals surface area (Å²) in [4.78, 5) is 14.3. The second-order valence-electron chi connectivity index (χ2n) is 13.0. The molecular formula is C36H59N3Si. The Morgan fingerprint density at radius 1 is 0.750 bits per heavy atom. The number of unbranched alkanes of at least 4 members (excludes halogenated alkanes) is 8. The van der Waals surface area contributed by atoms with Crippen LogP contribution in [0.2, 0.25) is 6.04 Å². The normalized spacial score (nSPS) is 14.9. The summed E-state index contributed by atoms with van der Waals surface area (Å²) in [5.41, 5.74) is 3.09. The third-order valence-electron chi connectivity index (χ3n) is 8.88. The van der Waals surface area contributed by atoms with Crippen molar-refractivity contribution < 1.29 is 0 Å². The Labute approximate surface area is 250 Å². The Morgan fingerprint density at radius 3 is 2.15 bits per heavy atom. The fourth-order valence-corrected chi connectivity index (χ4v) is 7.13. The monoisotopic (exact) mass is 561 g/mol. The van der Waals surface area contributed by atoms with Gasteiger partial charge in [0.15, 0.2) is 0 Å². The van der Waals surface area contributed by atoms with Crippen molar-refractivity contribution in [3.05, 3.63) is 36.4 Å². The third-order valence-corrected chi connectivity index (χ3v) is 10.3. The second kappa shape index (κ2) is 20.3. The van der Waals surface area contributed by atoms with E-state index in [1.165, 1.54) is 133 Å². The van der Waals surface area contributed by atoms with E-state index in [0.29, 0.717) is 0 Å². The highest BCUT2D eigenvalue weighted by Crippen LogP contribution is 2.34. The summed E-state index contributed by atoms with van der Waals surface area (Å²) in [6, 6.07) is 5.57. The summed E-state index contributed by atoms with van der Waals surface area (Å²) in [5.74, 6) is 2.85. The summed E-state index contributed by atoms with van der Waals surface area (Å²) < 4.78 is 0. The van der Waals surface area contributed by atoms with Gasteiger partial charge in [-0.05, 0) is 41.8 Å². The quantitative estimate of drug-likeness (QED) is 0.0945. The highest BCUT2D eigenvalue weighted by molar-refractivity contribution is 6.55. The summed E-state index contributed by atoms with van der Waals surface area (Å²) >= 11 is 0. The standard InChI is InChI=1S/C36H59N3Si/c1-4-5-11-17-30(2)18-14-19-31(3)20-16-27-40-35-23-15-26-37-36(35)34-29-38-33(28-39-34)22-13-10-8-6-7-9-12-21-32-24-25-32/h15,23,26,28-32H,4-14,16-22,24-25,27H2,1-3H3. The van der Waals surface area contributed by atoms with Crippen molar-refractivity contribution in [1.29, 1.82) is 0 Å². The van der Waals surface area contributed by atoms with E-state index in [2.05, 4.69) is 32.9 Å². The van der Waals surface area contributed by atoms with Gasteiger partial charge in [0, 0.05) is 12.4 Å². The van der Waals surface area contributed by atoms with Gasteiger partial charge < -0.3 is 0 Å². The molecular weight excluding hydrogens is 503 g/mol. The zero-order chi connectivity index (χ0) is 28.3. The van der Waals surface area contributed by atoms with Crippen LogP contribution >= 0.6 is 0 Å². The van der Waals surface area contributed by atoms with Gasteiger partial charge in [0.25, 0.3) is 0 Å². The highest BCUT2D eigenvalue weighted by Gasteiger charge is 2.19. The van der Waals surface area contributed by atoms with E-state index in [-0.39, 0.29) is 0 Å². The van der Waals surface area contributed by atoms with Gasteiger partial charge in [0.2, 0.25) is 0 Å². The largest absolute Gasteiger partial charge is 0.257 e. The molecule has 0 aromatic carbocycles. The van der Waals surface area contributed by atoms with E-state index in [1.807, 2.05) is 18.6 Å².